The average molecular weight is 297 g/mol. The maximum atomic E-state index is 13.5. The summed E-state index contributed by atoms with van der Waals surface area (Å²) in [4.78, 5) is 4.60. The second-order valence-corrected chi connectivity index (χ2v) is 6.17. The predicted octanol–water partition coefficient (Wildman–Crippen LogP) is 4.95. The highest BCUT2D eigenvalue weighted by atomic mass is 35.5. The molecule has 0 aliphatic heterocycles. The number of hydrogen-bond acceptors (Lipinski definition) is 1. The molecule has 2 aromatic rings. The Balaban J connectivity index is 2.41. The zero-order chi connectivity index (χ0) is 14.7. The van der Waals surface area contributed by atoms with Gasteiger partial charge in [-0.2, -0.15) is 0 Å². The van der Waals surface area contributed by atoms with Crippen LogP contribution in [-0.2, 0) is 6.42 Å². The van der Waals surface area contributed by atoms with Crippen LogP contribution in [0.25, 0.3) is 11.0 Å². The molecule has 0 aliphatic rings. The van der Waals surface area contributed by atoms with Crippen LogP contribution < -0.4 is 0 Å². The first kappa shape index (κ1) is 15.3. The molecule has 0 radical (unpaired) electrons. The van der Waals surface area contributed by atoms with Gasteiger partial charge in [-0.1, -0.05) is 13.8 Å². The number of aromatic nitrogens is 2. The number of rotatable bonds is 6. The minimum Gasteiger partial charge on any atom is -0.325 e. The van der Waals surface area contributed by atoms with Gasteiger partial charge in [0.1, 0.15) is 11.6 Å². The molecule has 0 aliphatic carbocycles. The van der Waals surface area contributed by atoms with Crippen molar-refractivity contribution in [2.45, 2.75) is 46.1 Å². The van der Waals surface area contributed by atoms with Crippen LogP contribution in [0.4, 0.5) is 4.39 Å². The molecule has 110 valence electrons. The van der Waals surface area contributed by atoms with E-state index in [0.29, 0.717) is 24.3 Å². The Hall–Kier alpha value is -1.09. The standard InChI is InChI=1S/C16H22ClFN2/c1-11(2)4-5-12(3)20-15-10-13(18)6-7-14(15)19-16(20)8-9-17/h6-7,10-12H,4-5,8-9H2,1-3H3. The highest BCUT2D eigenvalue weighted by molar-refractivity contribution is 6.17. The average Bonchev–Trinajstić information content (AvgIpc) is 2.73. The van der Waals surface area contributed by atoms with Gasteiger partial charge >= 0.3 is 0 Å². The van der Waals surface area contributed by atoms with Crippen LogP contribution in [0, 0.1) is 11.7 Å². The van der Waals surface area contributed by atoms with E-state index in [1.54, 1.807) is 12.1 Å². The van der Waals surface area contributed by atoms with Crippen LogP contribution in [0.2, 0.25) is 0 Å². The number of aryl methyl sites for hydroxylation is 1. The minimum absolute atomic E-state index is 0.216. The van der Waals surface area contributed by atoms with E-state index >= 15 is 0 Å². The molecule has 0 saturated heterocycles. The summed E-state index contributed by atoms with van der Waals surface area (Å²) in [6.07, 6.45) is 2.93. The third kappa shape index (κ3) is 3.32. The van der Waals surface area contributed by atoms with Gasteiger partial charge in [0.15, 0.2) is 0 Å². The van der Waals surface area contributed by atoms with Crippen molar-refractivity contribution in [1.82, 2.24) is 9.55 Å². The molecule has 0 spiro atoms. The molecule has 4 heteroatoms. The number of fused-ring (bicyclic) bond motifs is 1. The van der Waals surface area contributed by atoms with Crippen molar-refractivity contribution in [3.63, 3.8) is 0 Å². The van der Waals surface area contributed by atoms with Crippen molar-refractivity contribution in [1.29, 1.82) is 0 Å². The molecule has 20 heavy (non-hydrogen) atoms. The number of imidazole rings is 1. The molecule has 0 amide bonds. The third-order valence-electron chi connectivity index (χ3n) is 3.65. The fourth-order valence-electron chi connectivity index (χ4n) is 2.57. The maximum Gasteiger partial charge on any atom is 0.125 e. The number of halogens is 2. The molecular formula is C16H22ClFN2. The van der Waals surface area contributed by atoms with Gasteiger partial charge in [-0.25, -0.2) is 9.37 Å². The number of alkyl halides is 1. The van der Waals surface area contributed by atoms with Crippen molar-refractivity contribution >= 4 is 22.6 Å². The highest BCUT2D eigenvalue weighted by Crippen LogP contribution is 2.26. The smallest absolute Gasteiger partial charge is 0.125 e. The first-order chi connectivity index (χ1) is 9.52. The van der Waals surface area contributed by atoms with E-state index in [2.05, 4.69) is 30.3 Å². The predicted molar refractivity (Wildman–Crippen MR) is 82.9 cm³/mol. The van der Waals surface area contributed by atoms with E-state index in [4.69, 9.17) is 11.6 Å². The zero-order valence-electron chi connectivity index (χ0n) is 12.4. The van der Waals surface area contributed by atoms with Gasteiger partial charge in [-0.3, -0.25) is 0 Å². The number of benzene rings is 1. The molecule has 2 nitrogen and oxygen atoms in total. The van der Waals surface area contributed by atoms with Crippen LogP contribution in [0.15, 0.2) is 18.2 Å². The molecule has 1 unspecified atom stereocenters. The van der Waals surface area contributed by atoms with E-state index in [1.807, 2.05) is 0 Å². The van der Waals surface area contributed by atoms with Gasteiger partial charge in [0.2, 0.25) is 0 Å². The summed E-state index contributed by atoms with van der Waals surface area (Å²) in [6.45, 7) is 6.61. The van der Waals surface area contributed by atoms with Gasteiger partial charge in [0.05, 0.1) is 11.0 Å². The van der Waals surface area contributed by atoms with Crippen molar-refractivity contribution in [3.05, 3.63) is 29.8 Å². The molecule has 0 fully saturated rings. The normalized spacial score (nSPS) is 13.3. The summed E-state index contributed by atoms with van der Waals surface area (Å²) in [6, 6.07) is 5.09. The van der Waals surface area contributed by atoms with Gasteiger partial charge < -0.3 is 4.57 Å². The molecule has 0 N–H and O–H groups in total. The summed E-state index contributed by atoms with van der Waals surface area (Å²) in [5.41, 5.74) is 1.73. The van der Waals surface area contributed by atoms with Crippen molar-refractivity contribution in [3.8, 4) is 0 Å². The summed E-state index contributed by atoms with van der Waals surface area (Å²) in [5.74, 6) is 1.94. The van der Waals surface area contributed by atoms with Crippen molar-refractivity contribution in [2.75, 3.05) is 5.88 Å². The fourth-order valence-corrected chi connectivity index (χ4v) is 2.74. The zero-order valence-corrected chi connectivity index (χ0v) is 13.1. The Kier molecular flexibility index (Phi) is 5.03. The van der Waals surface area contributed by atoms with Crippen molar-refractivity contribution < 1.29 is 4.39 Å². The van der Waals surface area contributed by atoms with E-state index in [9.17, 15) is 4.39 Å². The summed E-state index contributed by atoms with van der Waals surface area (Å²) in [7, 11) is 0. The first-order valence-electron chi connectivity index (χ1n) is 7.25. The number of hydrogen-bond donors (Lipinski definition) is 0. The van der Waals surface area contributed by atoms with Gasteiger partial charge in [0, 0.05) is 18.3 Å². The van der Waals surface area contributed by atoms with E-state index in [-0.39, 0.29) is 5.82 Å². The Morgan fingerprint density at radius 2 is 2.00 bits per heavy atom. The monoisotopic (exact) mass is 296 g/mol. The SMILES string of the molecule is CC(C)CCC(C)n1c(CCCl)nc2ccc(F)cc21. The highest BCUT2D eigenvalue weighted by Gasteiger charge is 2.16. The lowest BCUT2D eigenvalue weighted by Gasteiger charge is -2.18. The lowest BCUT2D eigenvalue weighted by atomic mass is 10.0. The van der Waals surface area contributed by atoms with Crippen LogP contribution in [0.5, 0.6) is 0 Å². The molecule has 1 heterocycles. The molecule has 1 atom stereocenters. The quantitative estimate of drug-likeness (QED) is 0.689. The van der Waals surface area contributed by atoms with E-state index < -0.39 is 0 Å². The largest absolute Gasteiger partial charge is 0.325 e. The van der Waals surface area contributed by atoms with Gasteiger partial charge in [-0.15, -0.1) is 11.6 Å². The Bertz CT molecular complexity index is 577. The molecular weight excluding hydrogens is 275 g/mol. The lowest BCUT2D eigenvalue weighted by molar-refractivity contribution is 0.437. The second kappa shape index (κ2) is 6.57. The molecule has 2 rings (SSSR count). The first-order valence-corrected chi connectivity index (χ1v) is 7.78. The topological polar surface area (TPSA) is 17.8 Å². The van der Waals surface area contributed by atoms with Crippen molar-refractivity contribution in [2.24, 2.45) is 5.92 Å². The van der Waals surface area contributed by atoms with Gasteiger partial charge in [-0.05, 0) is 43.9 Å². The summed E-state index contributed by atoms with van der Waals surface area (Å²) >= 11 is 5.87. The Labute approximate surface area is 125 Å². The van der Waals surface area contributed by atoms with Crippen LogP contribution in [0.1, 0.15) is 45.5 Å². The molecule has 1 aromatic carbocycles. The van der Waals surface area contributed by atoms with Crippen LogP contribution in [0.3, 0.4) is 0 Å². The van der Waals surface area contributed by atoms with Crippen LogP contribution in [-0.4, -0.2) is 15.4 Å². The number of nitrogens with zero attached hydrogens (tertiary/aromatic N) is 2. The molecule has 0 saturated carbocycles. The minimum atomic E-state index is -0.216. The second-order valence-electron chi connectivity index (χ2n) is 5.79. The van der Waals surface area contributed by atoms with E-state index in [0.717, 1.165) is 29.7 Å². The Morgan fingerprint density at radius 1 is 1.25 bits per heavy atom. The summed E-state index contributed by atoms with van der Waals surface area (Å²) in [5, 5.41) is 0. The third-order valence-corrected chi connectivity index (χ3v) is 3.83. The lowest BCUT2D eigenvalue weighted by Crippen LogP contribution is -2.11. The Morgan fingerprint density at radius 3 is 2.65 bits per heavy atom. The van der Waals surface area contributed by atoms with Crippen LogP contribution >= 0.6 is 11.6 Å². The molecule has 0 bridgehead atoms. The van der Waals surface area contributed by atoms with E-state index in [1.165, 1.54) is 6.07 Å². The maximum absolute atomic E-state index is 13.5. The fraction of sp³-hybridized carbons (Fsp3) is 0.562. The molecule has 1 aromatic heterocycles. The van der Waals surface area contributed by atoms with Gasteiger partial charge in [0.25, 0.3) is 0 Å². The summed E-state index contributed by atoms with van der Waals surface area (Å²) < 4.78 is 15.7.